The van der Waals surface area contributed by atoms with E-state index in [0.717, 1.165) is 62.4 Å². The van der Waals surface area contributed by atoms with Crippen molar-refractivity contribution in [2.75, 3.05) is 0 Å². The van der Waals surface area contributed by atoms with Crippen LogP contribution in [0.3, 0.4) is 0 Å². The van der Waals surface area contributed by atoms with Crippen molar-refractivity contribution in [3.8, 4) is 22.3 Å². The van der Waals surface area contributed by atoms with Crippen LogP contribution >= 0.6 is 0 Å². The summed E-state index contributed by atoms with van der Waals surface area (Å²) in [5.41, 5.74) is 13.7. The molecule has 0 unspecified atom stereocenters. The van der Waals surface area contributed by atoms with E-state index >= 15 is 0 Å². The van der Waals surface area contributed by atoms with Crippen molar-refractivity contribution in [2.45, 2.75) is 372 Å². The van der Waals surface area contributed by atoms with Crippen molar-refractivity contribution in [3.63, 3.8) is 0 Å². The summed E-state index contributed by atoms with van der Waals surface area (Å²) >= 11 is -0.737. The number of benzene rings is 3. The van der Waals surface area contributed by atoms with Crippen LogP contribution in [-0.4, -0.2) is 80.2 Å². The van der Waals surface area contributed by atoms with Gasteiger partial charge in [0.2, 0.25) is 0 Å². The number of rotatable bonds is 54. The molecule has 7 rings (SSSR count). The van der Waals surface area contributed by atoms with Gasteiger partial charge in [-0.05, 0) is 0 Å². The molecule has 0 atom stereocenters. The van der Waals surface area contributed by atoms with E-state index in [0.29, 0.717) is 22.0 Å². The average molecular weight is 1340 g/mol. The molecule has 0 spiro atoms. The van der Waals surface area contributed by atoms with E-state index in [-0.39, 0.29) is 40.8 Å². The van der Waals surface area contributed by atoms with Gasteiger partial charge in [0, 0.05) is 0 Å². The standard InChI is InChI=1S/C76H124B2N4O4Se2/c1-5-9-13-17-21-25-29-33-37-41-45-49-53-75(54-50-46-42-38-34-30-26-22-18-14-10-6-2)63-57-62-64(58-61(63)69-65(75)59-67(77(83)84)71-73(69)81-87-79-71)76(55-51-47-43-39-35-31-27-23-19-15-11-7-3,56-52-48-44-40-36-32-28-24-20-16-12-8-4)66-60-68(78(85)86)72-74(70(62)66)82-88-80-72/h57-60,83-86H,5-56H2,1-4H3. The third-order valence-corrected chi connectivity index (χ3v) is 23.5. The number of fused-ring (bicyclic) bond motifs is 10. The molecule has 88 heavy (non-hydrogen) atoms. The molecule has 490 valence electrons. The first-order valence-corrected chi connectivity index (χ1v) is 40.9. The summed E-state index contributed by atoms with van der Waals surface area (Å²) in [6, 6.07) is 9.64. The van der Waals surface area contributed by atoms with Crippen LogP contribution in [-0.2, 0) is 10.8 Å². The fourth-order valence-corrected chi connectivity index (χ4v) is 18.5. The Hall–Kier alpha value is -2.13. The van der Waals surface area contributed by atoms with Crippen LogP contribution in [0.2, 0.25) is 0 Å². The Morgan fingerprint density at radius 2 is 0.477 bits per heavy atom. The quantitative estimate of drug-likeness (QED) is 0.0224. The van der Waals surface area contributed by atoms with Crippen LogP contribution in [0.25, 0.3) is 44.3 Å². The van der Waals surface area contributed by atoms with Crippen molar-refractivity contribution >= 4 is 77.2 Å². The Morgan fingerprint density at radius 1 is 0.273 bits per heavy atom. The molecule has 0 radical (unpaired) electrons. The molecule has 2 aliphatic rings. The molecule has 3 aromatic carbocycles. The summed E-state index contributed by atoms with van der Waals surface area (Å²) in [5, 5.41) is 45.1. The first-order valence-electron chi connectivity index (χ1n) is 37.8. The number of hydrogen-bond acceptors (Lipinski definition) is 8. The number of hydrogen-bond donors (Lipinski definition) is 4. The van der Waals surface area contributed by atoms with Gasteiger partial charge in [0.15, 0.2) is 0 Å². The van der Waals surface area contributed by atoms with Crippen LogP contribution in [0, 0.1) is 0 Å². The molecule has 0 saturated carbocycles. The van der Waals surface area contributed by atoms with Gasteiger partial charge in [-0.2, -0.15) is 0 Å². The van der Waals surface area contributed by atoms with Crippen LogP contribution in [0.5, 0.6) is 0 Å². The predicted octanol–water partition coefficient (Wildman–Crippen LogP) is 19.9. The molecule has 12 heteroatoms. The van der Waals surface area contributed by atoms with Gasteiger partial charge < -0.3 is 0 Å². The van der Waals surface area contributed by atoms with Crippen LogP contribution in [0.15, 0.2) is 24.3 Å². The summed E-state index contributed by atoms with van der Waals surface area (Å²) < 4.78 is 20.5. The maximum atomic E-state index is 11.3. The van der Waals surface area contributed by atoms with Crippen LogP contribution < -0.4 is 10.9 Å². The molecule has 8 nitrogen and oxygen atoms in total. The van der Waals surface area contributed by atoms with Gasteiger partial charge in [-0.3, -0.25) is 0 Å². The second kappa shape index (κ2) is 41.5. The summed E-state index contributed by atoms with van der Waals surface area (Å²) in [7, 11) is -3.26. The summed E-state index contributed by atoms with van der Waals surface area (Å²) in [6.45, 7) is 9.22. The molecule has 2 heterocycles. The molecular weight excluding hydrogens is 1210 g/mol. The molecule has 0 aliphatic heterocycles. The van der Waals surface area contributed by atoms with Crippen molar-refractivity contribution in [2.24, 2.45) is 0 Å². The van der Waals surface area contributed by atoms with Crippen molar-refractivity contribution in [1.82, 2.24) is 15.9 Å². The Bertz CT molecular complexity index is 2470. The van der Waals surface area contributed by atoms with Crippen LogP contribution in [0.4, 0.5) is 0 Å². The van der Waals surface area contributed by atoms with Gasteiger partial charge in [0.05, 0.1) is 0 Å². The fraction of sp³-hybridized carbons (Fsp3) is 0.763. The summed E-state index contributed by atoms with van der Waals surface area (Å²) in [5.74, 6) is 0. The molecule has 0 amide bonds. The first kappa shape index (κ1) is 73.3. The van der Waals surface area contributed by atoms with Crippen LogP contribution in [0.1, 0.15) is 384 Å². The molecule has 2 aliphatic carbocycles. The van der Waals surface area contributed by atoms with Gasteiger partial charge in [0.25, 0.3) is 0 Å². The van der Waals surface area contributed by atoms with Crippen molar-refractivity contribution in [1.29, 1.82) is 0 Å². The molecule has 5 aromatic rings. The van der Waals surface area contributed by atoms with Gasteiger partial charge in [-0.1, -0.05) is 182 Å². The van der Waals surface area contributed by atoms with Gasteiger partial charge in [-0.15, -0.1) is 0 Å². The molecule has 4 N–H and O–H groups in total. The number of nitrogens with zero attached hydrogens (tertiary/aromatic N) is 4. The van der Waals surface area contributed by atoms with E-state index in [1.807, 2.05) is 0 Å². The minimum absolute atomic E-state index is 0.341. The minimum atomic E-state index is -1.63. The second-order valence-corrected chi connectivity index (χ2v) is 30.3. The number of aromatic nitrogens is 4. The molecule has 0 fully saturated rings. The summed E-state index contributed by atoms with van der Waals surface area (Å²) in [4.78, 5) is 0. The van der Waals surface area contributed by atoms with E-state index in [9.17, 15) is 20.1 Å². The van der Waals surface area contributed by atoms with Crippen molar-refractivity contribution in [3.05, 3.63) is 46.5 Å². The normalized spacial score (nSPS) is 13.7. The zero-order chi connectivity index (χ0) is 62.1. The fourth-order valence-electron chi connectivity index (χ4n) is 16.1. The third kappa shape index (κ3) is 20.9. The summed E-state index contributed by atoms with van der Waals surface area (Å²) in [6.07, 6.45) is 66.9. The van der Waals surface area contributed by atoms with Gasteiger partial charge in [0.1, 0.15) is 0 Å². The monoisotopic (exact) mass is 1340 g/mol. The van der Waals surface area contributed by atoms with Gasteiger partial charge in [-0.25, -0.2) is 0 Å². The number of unbranched alkanes of at least 4 members (excludes halogenated alkanes) is 44. The topological polar surface area (TPSA) is 132 Å². The van der Waals surface area contributed by atoms with E-state index < -0.39 is 14.2 Å². The second-order valence-electron chi connectivity index (χ2n) is 28.1. The zero-order valence-electron chi connectivity index (χ0n) is 56.6. The Balaban J connectivity index is 1.25. The third-order valence-electron chi connectivity index (χ3n) is 21.3. The molecule has 0 bridgehead atoms. The SMILES string of the molecule is CCCCCCCCCCCCCCC1(CCCCCCCCCCCCCC)c2cc3c(cc2-c2c1cc(B(O)O)c1n[se]nc21)C(CCCCCCCCCCCCCC)(CCCCCCCCCCCCCC)c1cc(B(O)O)c2n[se]nc2c1-3. The van der Waals surface area contributed by atoms with E-state index in [2.05, 4.69) is 52.0 Å². The Labute approximate surface area is 550 Å². The van der Waals surface area contributed by atoms with E-state index in [1.165, 1.54) is 327 Å². The Kier molecular flexibility index (Phi) is 34.6. The first-order chi connectivity index (χ1) is 43.3. The Morgan fingerprint density at radius 3 is 0.693 bits per heavy atom. The average Bonchev–Trinajstić information content (AvgIpc) is 1.53. The van der Waals surface area contributed by atoms with E-state index in [1.54, 1.807) is 0 Å². The zero-order valence-corrected chi connectivity index (χ0v) is 60.1. The van der Waals surface area contributed by atoms with E-state index in [4.69, 9.17) is 15.9 Å². The predicted molar refractivity (Wildman–Crippen MR) is 381 cm³/mol. The molecular formula is C76H124B2N4O4Se2. The van der Waals surface area contributed by atoms with Gasteiger partial charge >= 0.3 is 373 Å². The maximum absolute atomic E-state index is 11.3. The van der Waals surface area contributed by atoms with Crippen molar-refractivity contribution < 1.29 is 20.1 Å². The molecule has 0 saturated heterocycles. The molecule has 2 aromatic heterocycles.